The number of aromatic nitrogens is 3. The van der Waals surface area contributed by atoms with E-state index in [2.05, 4.69) is 20.3 Å². The lowest BCUT2D eigenvalue weighted by Crippen LogP contribution is -2.28. The molecule has 19 heavy (non-hydrogen) atoms. The molecule has 0 unspecified atom stereocenters. The Labute approximate surface area is 117 Å². The van der Waals surface area contributed by atoms with E-state index in [-0.39, 0.29) is 5.41 Å². The molecule has 1 saturated carbocycles. The van der Waals surface area contributed by atoms with Gasteiger partial charge in [0.2, 0.25) is 0 Å². The summed E-state index contributed by atoms with van der Waals surface area (Å²) in [6.07, 6.45) is 8.32. The third-order valence-corrected chi connectivity index (χ3v) is 4.49. The first kappa shape index (κ1) is 12.6. The van der Waals surface area contributed by atoms with Gasteiger partial charge in [-0.1, -0.05) is 12.8 Å². The van der Waals surface area contributed by atoms with Crippen LogP contribution in [0.3, 0.4) is 0 Å². The summed E-state index contributed by atoms with van der Waals surface area (Å²) in [6.45, 7) is 0.884. The van der Waals surface area contributed by atoms with E-state index in [0.29, 0.717) is 11.5 Å². The van der Waals surface area contributed by atoms with Gasteiger partial charge in [0.1, 0.15) is 11.3 Å². The Morgan fingerprint density at radius 1 is 1.16 bits per heavy atom. The van der Waals surface area contributed by atoms with Crippen molar-refractivity contribution in [2.45, 2.75) is 25.7 Å². The number of pyridine rings is 1. The molecule has 4 nitrogen and oxygen atoms in total. The summed E-state index contributed by atoms with van der Waals surface area (Å²) in [4.78, 5) is 12.9. The first-order chi connectivity index (χ1) is 9.31. The number of nitrogens with zero attached hydrogens (tertiary/aromatic N) is 3. The van der Waals surface area contributed by atoms with Gasteiger partial charge in [-0.05, 0) is 25.0 Å². The van der Waals surface area contributed by atoms with Crippen LogP contribution in [0.2, 0.25) is 0 Å². The van der Waals surface area contributed by atoms with Gasteiger partial charge in [0.25, 0.3) is 0 Å². The maximum atomic E-state index is 6.14. The molecule has 2 heterocycles. The zero-order valence-electron chi connectivity index (χ0n) is 10.8. The lowest BCUT2D eigenvalue weighted by atomic mass is 9.88. The van der Waals surface area contributed by atoms with Gasteiger partial charge in [-0.15, -0.1) is 11.6 Å². The van der Waals surface area contributed by atoms with Crippen molar-refractivity contribution >= 4 is 28.6 Å². The molecule has 1 N–H and O–H groups in total. The van der Waals surface area contributed by atoms with Crippen molar-refractivity contribution in [3.05, 3.63) is 24.5 Å². The van der Waals surface area contributed by atoms with E-state index in [0.717, 1.165) is 17.9 Å². The van der Waals surface area contributed by atoms with E-state index in [1.165, 1.54) is 25.7 Å². The fourth-order valence-electron chi connectivity index (χ4n) is 2.71. The predicted molar refractivity (Wildman–Crippen MR) is 77.4 cm³/mol. The average Bonchev–Trinajstić information content (AvgIpc) is 2.94. The van der Waals surface area contributed by atoms with Crippen molar-refractivity contribution in [2.75, 3.05) is 17.7 Å². The molecule has 0 saturated heterocycles. The Morgan fingerprint density at radius 2 is 1.95 bits per heavy atom. The highest BCUT2D eigenvalue weighted by atomic mass is 35.5. The second kappa shape index (κ2) is 5.29. The van der Waals surface area contributed by atoms with Crippen LogP contribution in [0.25, 0.3) is 11.2 Å². The zero-order valence-corrected chi connectivity index (χ0v) is 11.5. The summed E-state index contributed by atoms with van der Waals surface area (Å²) in [5, 5.41) is 3.41. The molecular weight excluding hydrogens is 260 g/mol. The molecule has 0 radical (unpaired) electrons. The van der Waals surface area contributed by atoms with Crippen LogP contribution >= 0.6 is 11.6 Å². The molecule has 2 aromatic rings. The number of alkyl halides is 1. The van der Waals surface area contributed by atoms with Crippen LogP contribution in [0.15, 0.2) is 24.5 Å². The van der Waals surface area contributed by atoms with E-state index in [4.69, 9.17) is 11.6 Å². The molecule has 0 atom stereocenters. The molecule has 3 rings (SSSR count). The number of anilines is 1. The summed E-state index contributed by atoms with van der Waals surface area (Å²) in [7, 11) is 0. The van der Waals surface area contributed by atoms with E-state index in [1.807, 2.05) is 12.1 Å². The molecular formula is C14H17ClN4. The number of nitrogens with one attached hydrogen (secondary N) is 1. The molecule has 2 aromatic heterocycles. The van der Waals surface area contributed by atoms with Gasteiger partial charge in [0.05, 0.1) is 0 Å². The Morgan fingerprint density at radius 3 is 2.74 bits per heavy atom. The minimum Gasteiger partial charge on any atom is -0.369 e. The quantitative estimate of drug-likeness (QED) is 0.871. The van der Waals surface area contributed by atoms with Crippen molar-refractivity contribution in [1.82, 2.24) is 15.0 Å². The van der Waals surface area contributed by atoms with Crippen LogP contribution in [0.4, 0.5) is 5.82 Å². The van der Waals surface area contributed by atoms with E-state index < -0.39 is 0 Å². The molecule has 0 aliphatic heterocycles. The maximum absolute atomic E-state index is 6.14. The highest BCUT2D eigenvalue weighted by Crippen LogP contribution is 2.39. The summed E-state index contributed by atoms with van der Waals surface area (Å²) in [5.41, 5.74) is 1.74. The monoisotopic (exact) mass is 276 g/mol. The number of halogens is 1. The molecule has 100 valence electrons. The minimum absolute atomic E-state index is 0.237. The molecule has 1 aliphatic carbocycles. The summed E-state index contributed by atoms with van der Waals surface area (Å²) >= 11 is 6.14. The van der Waals surface area contributed by atoms with Crippen LogP contribution < -0.4 is 5.32 Å². The SMILES string of the molecule is ClCC1(CNc2ccc3nccnc3n2)CCCC1. The van der Waals surface area contributed by atoms with E-state index in [1.54, 1.807) is 12.4 Å². The number of fused-ring (bicyclic) bond motifs is 1. The zero-order chi connectivity index (χ0) is 13.1. The van der Waals surface area contributed by atoms with Crippen molar-refractivity contribution in [3.8, 4) is 0 Å². The number of hydrogen-bond acceptors (Lipinski definition) is 4. The summed E-state index contributed by atoms with van der Waals surface area (Å²) in [6, 6.07) is 3.90. The molecule has 1 fully saturated rings. The number of rotatable bonds is 4. The topological polar surface area (TPSA) is 50.7 Å². The Hall–Kier alpha value is -1.42. The second-order valence-corrected chi connectivity index (χ2v) is 5.56. The predicted octanol–water partition coefficient (Wildman–Crippen LogP) is 3.24. The fourth-order valence-corrected chi connectivity index (χ4v) is 3.08. The molecule has 0 bridgehead atoms. The van der Waals surface area contributed by atoms with Gasteiger partial charge >= 0.3 is 0 Å². The van der Waals surface area contributed by atoms with Gasteiger partial charge in [-0.3, -0.25) is 4.98 Å². The van der Waals surface area contributed by atoms with Crippen molar-refractivity contribution in [3.63, 3.8) is 0 Å². The summed E-state index contributed by atoms with van der Waals surface area (Å²) < 4.78 is 0. The highest BCUT2D eigenvalue weighted by Gasteiger charge is 2.32. The fraction of sp³-hybridized carbons (Fsp3) is 0.500. The minimum atomic E-state index is 0.237. The van der Waals surface area contributed by atoms with Crippen LogP contribution in [0.5, 0.6) is 0 Å². The summed E-state index contributed by atoms with van der Waals surface area (Å²) in [5.74, 6) is 1.57. The van der Waals surface area contributed by atoms with E-state index >= 15 is 0 Å². The van der Waals surface area contributed by atoms with Gasteiger partial charge in [0.15, 0.2) is 5.65 Å². The lowest BCUT2D eigenvalue weighted by Gasteiger charge is -2.26. The van der Waals surface area contributed by atoms with Crippen LogP contribution in [-0.2, 0) is 0 Å². The molecule has 5 heteroatoms. The molecule has 0 aromatic carbocycles. The molecule has 0 amide bonds. The Balaban J connectivity index is 1.74. The van der Waals surface area contributed by atoms with Crippen molar-refractivity contribution < 1.29 is 0 Å². The third kappa shape index (κ3) is 2.63. The molecule has 0 spiro atoms. The smallest absolute Gasteiger partial charge is 0.180 e. The Bertz CT molecular complexity index is 566. The van der Waals surface area contributed by atoms with Crippen LogP contribution in [0, 0.1) is 5.41 Å². The average molecular weight is 277 g/mol. The van der Waals surface area contributed by atoms with Gasteiger partial charge in [0, 0.05) is 30.2 Å². The Kier molecular flexibility index (Phi) is 3.51. The van der Waals surface area contributed by atoms with Gasteiger partial charge < -0.3 is 5.32 Å². The normalized spacial score (nSPS) is 17.7. The maximum Gasteiger partial charge on any atom is 0.180 e. The van der Waals surface area contributed by atoms with Gasteiger partial charge in [-0.25, -0.2) is 9.97 Å². The van der Waals surface area contributed by atoms with E-state index in [9.17, 15) is 0 Å². The third-order valence-electron chi connectivity index (χ3n) is 3.92. The first-order valence-corrected chi connectivity index (χ1v) is 7.22. The van der Waals surface area contributed by atoms with Crippen LogP contribution in [0.1, 0.15) is 25.7 Å². The lowest BCUT2D eigenvalue weighted by molar-refractivity contribution is 0.368. The standard InChI is InChI=1S/C14H17ClN4/c15-9-14(5-1-2-6-14)10-18-12-4-3-11-13(19-12)17-8-7-16-11/h3-4,7-8H,1-2,5-6,9-10H2,(H,17,18,19). The largest absolute Gasteiger partial charge is 0.369 e. The highest BCUT2D eigenvalue weighted by molar-refractivity contribution is 6.18. The van der Waals surface area contributed by atoms with Crippen molar-refractivity contribution in [1.29, 1.82) is 0 Å². The first-order valence-electron chi connectivity index (χ1n) is 6.69. The van der Waals surface area contributed by atoms with Gasteiger partial charge in [-0.2, -0.15) is 0 Å². The number of hydrogen-bond donors (Lipinski definition) is 1. The molecule has 1 aliphatic rings. The second-order valence-electron chi connectivity index (χ2n) is 5.29. The van der Waals surface area contributed by atoms with Crippen LogP contribution in [-0.4, -0.2) is 27.4 Å². The van der Waals surface area contributed by atoms with Crippen molar-refractivity contribution in [2.24, 2.45) is 5.41 Å².